The predicted octanol–water partition coefficient (Wildman–Crippen LogP) is 3.39. The number of aromatic nitrogens is 3. The van der Waals surface area contributed by atoms with Crippen LogP contribution in [0.4, 0.5) is 0 Å². The third kappa shape index (κ3) is 2.92. The molecule has 2 aromatic heterocycles. The second-order valence-corrected chi connectivity index (χ2v) is 6.66. The van der Waals surface area contributed by atoms with Gasteiger partial charge in [-0.05, 0) is 38.8 Å². The van der Waals surface area contributed by atoms with Crippen LogP contribution in [-0.2, 0) is 11.3 Å². The average Bonchev–Trinajstić information content (AvgIpc) is 3.30. The standard InChI is InChI=1S/C19H22N4O2/c1-13-12-16(21-25-13)18-8-5-10-23(18)19(24)9-11-22-14(2)20-15-6-3-4-7-17(15)22/h3-4,6-7,12,18H,5,8-11H2,1-2H3/t18-/m1/s1. The van der Waals surface area contributed by atoms with E-state index in [4.69, 9.17) is 4.52 Å². The lowest BCUT2D eigenvalue weighted by atomic mass is 10.1. The molecule has 0 bridgehead atoms. The quantitative estimate of drug-likeness (QED) is 0.731. The molecular formula is C19H22N4O2. The Hall–Kier alpha value is -2.63. The van der Waals surface area contributed by atoms with E-state index in [2.05, 4.69) is 20.8 Å². The van der Waals surface area contributed by atoms with Crippen molar-refractivity contribution in [2.75, 3.05) is 6.54 Å². The molecule has 0 aliphatic carbocycles. The van der Waals surface area contributed by atoms with Crippen LogP contribution >= 0.6 is 0 Å². The minimum absolute atomic E-state index is 0.0468. The molecule has 1 aliphatic heterocycles. The van der Waals surface area contributed by atoms with Gasteiger partial charge in [-0.15, -0.1) is 0 Å². The van der Waals surface area contributed by atoms with Crippen molar-refractivity contribution in [3.63, 3.8) is 0 Å². The second-order valence-electron chi connectivity index (χ2n) is 6.66. The molecule has 25 heavy (non-hydrogen) atoms. The minimum atomic E-state index is 0.0468. The van der Waals surface area contributed by atoms with Gasteiger partial charge in [0, 0.05) is 25.6 Å². The zero-order valence-corrected chi connectivity index (χ0v) is 14.6. The number of para-hydroxylation sites is 2. The minimum Gasteiger partial charge on any atom is -0.361 e. The zero-order valence-electron chi connectivity index (χ0n) is 14.6. The highest BCUT2D eigenvalue weighted by Gasteiger charge is 2.31. The molecule has 6 nitrogen and oxygen atoms in total. The number of nitrogens with zero attached hydrogens (tertiary/aromatic N) is 4. The Bertz CT molecular complexity index is 911. The van der Waals surface area contributed by atoms with Gasteiger partial charge in [0.1, 0.15) is 17.3 Å². The third-order valence-corrected chi connectivity index (χ3v) is 4.96. The summed E-state index contributed by atoms with van der Waals surface area (Å²) in [4.78, 5) is 19.3. The number of carbonyl (C=O) groups excluding carboxylic acids is 1. The summed E-state index contributed by atoms with van der Waals surface area (Å²) < 4.78 is 7.31. The average molecular weight is 338 g/mol. The van der Waals surface area contributed by atoms with Crippen molar-refractivity contribution in [1.29, 1.82) is 0 Å². The molecule has 0 radical (unpaired) electrons. The fourth-order valence-corrected chi connectivity index (χ4v) is 3.74. The van der Waals surface area contributed by atoms with E-state index >= 15 is 0 Å². The maximum Gasteiger partial charge on any atom is 0.224 e. The first kappa shape index (κ1) is 15.9. The highest BCUT2D eigenvalue weighted by Crippen LogP contribution is 2.32. The Morgan fingerprint density at radius 2 is 2.16 bits per heavy atom. The van der Waals surface area contributed by atoms with Crippen LogP contribution in [-0.4, -0.2) is 32.1 Å². The summed E-state index contributed by atoms with van der Waals surface area (Å²) in [6.45, 7) is 5.30. The van der Waals surface area contributed by atoms with E-state index < -0.39 is 0 Å². The Morgan fingerprint density at radius 1 is 1.32 bits per heavy atom. The van der Waals surface area contributed by atoms with Gasteiger partial charge in [0.05, 0.1) is 17.1 Å². The van der Waals surface area contributed by atoms with E-state index in [0.29, 0.717) is 13.0 Å². The van der Waals surface area contributed by atoms with Crippen molar-refractivity contribution >= 4 is 16.9 Å². The lowest BCUT2D eigenvalue weighted by molar-refractivity contribution is -0.132. The fraction of sp³-hybridized carbons (Fsp3) is 0.421. The predicted molar refractivity (Wildman–Crippen MR) is 94.0 cm³/mol. The summed E-state index contributed by atoms with van der Waals surface area (Å²) in [5, 5.41) is 4.11. The van der Waals surface area contributed by atoms with Gasteiger partial charge in [-0.2, -0.15) is 0 Å². The molecule has 1 aromatic carbocycles. The van der Waals surface area contributed by atoms with E-state index in [1.165, 1.54) is 0 Å². The zero-order chi connectivity index (χ0) is 17.4. The smallest absolute Gasteiger partial charge is 0.224 e. The number of aryl methyl sites for hydroxylation is 3. The van der Waals surface area contributed by atoms with E-state index in [9.17, 15) is 4.79 Å². The van der Waals surface area contributed by atoms with E-state index in [1.54, 1.807) is 0 Å². The topological polar surface area (TPSA) is 64.2 Å². The molecule has 1 fully saturated rings. The molecule has 3 heterocycles. The molecule has 1 aliphatic rings. The van der Waals surface area contributed by atoms with Crippen LogP contribution in [0.1, 0.15) is 42.6 Å². The molecule has 0 saturated carbocycles. The van der Waals surface area contributed by atoms with Crippen molar-refractivity contribution in [3.8, 4) is 0 Å². The van der Waals surface area contributed by atoms with Gasteiger partial charge in [-0.1, -0.05) is 17.3 Å². The number of hydrogen-bond donors (Lipinski definition) is 0. The monoisotopic (exact) mass is 338 g/mol. The first-order chi connectivity index (χ1) is 12.1. The molecule has 0 unspecified atom stereocenters. The number of carbonyl (C=O) groups is 1. The number of benzene rings is 1. The van der Waals surface area contributed by atoms with Crippen LogP contribution in [0.3, 0.4) is 0 Å². The number of fused-ring (bicyclic) bond motifs is 1. The molecule has 4 rings (SSSR count). The summed E-state index contributed by atoms with van der Waals surface area (Å²) >= 11 is 0. The lowest BCUT2D eigenvalue weighted by Crippen LogP contribution is -2.31. The van der Waals surface area contributed by atoms with Gasteiger partial charge in [-0.25, -0.2) is 4.98 Å². The van der Waals surface area contributed by atoms with E-state index in [0.717, 1.165) is 47.7 Å². The molecule has 130 valence electrons. The van der Waals surface area contributed by atoms with Gasteiger partial charge in [0.15, 0.2) is 0 Å². The van der Waals surface area contributed by atoms with Gasteiger partial charge < -0.3 is 14.0 Å². The van der Waals surface area contributed by atoms with Crippen molar-refractivity contribution in [2.24, 2.45) is 0 Å². The highest BCUT2D eigenvalue weighted by molar-refractivity contribution is 5.78. The second kappa shape index (κ2) is 6.35. The SMILES string of the molecule is Cc1cc([C@H]2CCCN2C(=O)CCn2c(C)nc3ccccc32)no1. The number of rotatable bonds is 4. The number of likely N-dealkylation sites (tertiary alicyclic amines) is 1. The van der Waals surface area contributed by atoms with Crippen LogP contribution in [0.25, 0.3) is 11.0 Å². The Kier molecular flexibility index (Phi) is 4.03. The van der Waals surface area contributed by atoms with E-state index in [-0.39, 0.29) is 11.9 Å². The molecule has 3 aromatic rings. The van der Waals surface area contributed by atoms with Gasteiger partial charge in [-0.3, -0.25) is 4.79 Å². The van der Waals surface area contributed by atoms with Crippen LogP contribution in [0.15, 0.2) is 34.9 Å². The molecular weight excluding hydrogens is 316 g/mol. The third-order valence-electron chi connectivity index (χ3n) is 4.96. The summed E-state index contributed by atoms with van der Waals surface area (Å²) in [6.07, 6.45) is 2.43. The molecule has 0 spiro atoms. The van der Waals surface area contributed by atoms with Crippen LogP contribution < -0.4 is 0 Å². The lowest BCUT2D eigenvalue weighted by Gasteiger charge is -2.23. The Morgan fingerprint density at radius 3 is 2.96 bits per heavy atom. The van der Waals surface area contributed by atoms with Crippen LogP contribution in [0.5, 0.6) is 0 Å². The summed E-state index contributed by atoms with van der Waals surface area (Å²) in [5.74, 6) is 1.90. The van der Waals surface area contributed by atoms with Gasteiger partial charge in [0.2, 0.25) is 5.91 Å². The van der Waals surface area contributed by atoms with Crippen LogP contribution in [0.2, 0.25) is 0 Å². The van der Waals surface area contributed by atoms with Gasteiger partial charge in [0.25, 0.3) is 0 Å². The number of amides is 1. The molecule has 1 amide bonds. The highest BCUT2D eigenvalue weighted by atomic mass is 16.5. The molecule has 6 heteroatoms. The summed E-state index contributed by atoms with van der Waals surface area (Å²) in [6, 6.07) is 10.0. The van der Waals surface area contributed by atoms with Gasteiger partial charge >= 0.3 is 0 Å². The van der Waals surface area contributed by atoms with E-state index in [1.807, 2.05) is 43.0 Å². The van der Waals surface area contributed by atoms with Crippen molar-refractivity contribution < 1.29 is 9.32 Å². The fourth-order valence-electron chi connectivity index (χ4n) is 3.74. The summed E-state index contributed by atoms with van der Waals surface area (Å²) in [7, 11) is 0. The van der Waals surface area contributed by atoms with Crippen molar-refractivity contribution in [3.05, 3.63) is 47.6 Å². The first-order valence-corrected chi connectivity index (χ1v) is 8.78. The van der Waals surface area contributed by atoms with Crippen LogP contribution in [0, 0.1) is 13.8 Å². The normalized spacial score (nSPS) is 17.5. The Balaban J connectivity index is 1.49. The van der Waals surface area contributed by atoms with Crippen molar-refractivity contribution in [2.45, 2.75) is 45.7 Å². The number of hydrogen-bond acceptors (Lipinski definition) is 4. The molecule has 0 N–H and O–H groups in total. The van der Waals surface area contributed by atoms with Crippen molar-refractivity contribution in [1.82, 2.24) is 19.6 Å². The molecule has 1 atom stereocenters. The largest absolute Gasteiger partial charge is 0.361 e. The molecule has 1 saturated heterocycles. The number of imidazole rings is 1. The maximum atomic E-state index is 12.8. The maximum absolute atomic E-state index is 12.8. The summed E-state index contributed by atoms with van der Waals surface area (Å²) in [5.41, 5.74) is 2.93. The first-order valence-electron chi connectivity index (χ1n) is 8.78. The Labute approximate surface area is 146 Å².